The number of ketones is 2. The number of hydrogen-bond donors (Lipinski definition) is 0. The molecule has 0 N–H and O–H groups in total. The van der Waals surface area contributed by atoms with Crippen LogP contribution in [0.2, 0.25) is 0 Å². The highest BCUT2D eigenvalue weighted by Crippen LogP contribution is 2.14. The first kappa shape index (κ1) is 20.9. The van der Waals surface area contributed by atoms with Crippen molar-refractivity contribution in [1.29, 1.82) is 0 Å². The molecule has 0 radical (unpaired) electrons. The second-order valence-electron chi connectivity index (χ2n) is 6.70. The van der Waals surface area contributed by atoms with Gasteiger partial charge in [-0.3, -0.25) is 9.59 Å². The Balaban J connectivity index is 1.62. The Kier molecular flexibility index (Phi) is 7.06. The first-order valence-electron chi connectivity index (χ1n) is 9.73. The molecule has 4 heteroatoms. The highest BCUT2D eigenvalue weighted by Gasteiger charge is 2.10. The molecule has 0 bridgehead atoms. The lowest BCUT2D eigenvalue weighted by Crippen LogP contribution is -2.05. The first-order chi connectivity index (χ1) is 14.6. The molecule has 3 rings (SSSR count). The van der Waals surface area contributed by atoms with Crippen LogP contribution in [0.4, 0.5) is 0 Å². The molecule has 0 aliphatic heterocycles. The molecule has 3 aromatic rings. The molecule has 0 spiro atoms. The van der Waals surface area contributed by atoms with E-state index in [4.69, 9.17) is 4.74 Å². The van der Waals surface area contributed by atoms with E-state index in [1.54, 1.807) is 61.5 Å². The third-order valence-corrected chi connectivity index (χ3v) is 4.55. The quantitative estimate of drug-likeness (QED) is 0.307. The van der Waals surface area contributed by atoms with E-state index in [1.807, 2.05) is 30.3 Å². The van der Waals surface area contributed by atoms with Gasteiger partial charge in [-0.1, -0.05) is 78.9 Å². The Labute approximate surface area is 175 Å². The number of carbonyl (C=O) groups is 3. The zero-order valence-electron chi connectivity index (χ0n) is 16.7. The molecule has 0 heterocycles. The van der Waals surface area contributed by atoms with Crippen molar-refractivity contribution in [3.63, 3.8) is 0 Å². The van der Waals surface area contributed by atoms with E-state index < -0.39 is 5.97 Å². The van der Waals surface area contributed by atoms with Crippen LogP contribution in [-0.4, -0.2) is 24.1 Å². The molecule has 0 atom stereocenters. The van der Waals surface area contributed by atoms with Crippen LogP contribution >= 0.6 is 0 Å². The Hall–Kier alpha value is -3.79. The van der Waals surface area contributed by atoms with Gasteiger partial charge in [0.15, 0.2) is 11.6 Å². The maximum atomic E-state index is 12.6. The van der Waals surface area contributed by atoms with Gasteiger partial charge in [-0.2, -0.15) is 0 Å². The van der Waals surface area contributed by atoms with Gasteiger partial charge in [0.1, 0.15) is 0 Å². The number of ether oxygens (including phenoxy) is 1. The van der Waals surface area contributed by atoms with Crippen molar-refractivity contribution in [2.75, 3.05) is 6.61 Å². The summed E-state index contributed by atoms with van der Waals surface area (Å²) in [5.41, 5.74) is 3.47. The van der Waals surface area contributed by atoms with E-state index in [1.165, 1.54) is 6.08 Å². The lowest BCUT2D eigenvalue weighted by atomic mass is 9.98. The fourth-order valence-electron chi connectivity index (χ4n) is 2.95. The summed E-state index contributed by atoms with van der Waals surface area (Å²) in [5, 5.41) is 0. The van der Waals surface area contributed by atoms with Gasteiger partial charge in [-0.25, -0.2) is 4.79 Å². The van der Waals surface area contributed by atoms with Crippen molar-refractivity contribution in [3.05, 3.63) is 113 Å². The summed E-state index contributed by atoms with van der Waals surface area (Å²) in [5.74, 6) is -0.454. The molecule has 30 heavy (non-hydrogen) atoms. The number of benzene rings is 3. The summed E-state index contributed by atoms with van der Waals surface area (Å²) in [7, 11) is 0. The molecule has 0 saturated heterocycles. The molecule has 4 nitrogen and oxygen atoms in total. The van der Waals surface area contributed by atoms with Gasteiger partial charge >= 0.3 is 5.97 Å². The van der Waals surface area contributed by atoms with Crippen molar-refractivity contribution >= 4 is 23.6 Å². The lowest BCUT2D eigenvalue weighted by molar-refractivity contribution is -0.137. The molecule has 0 aliphatic carbocycles. The van der Waals surface area contributed by atoms with Crippen molar-refractivity contribution in [3.8, 4) is 0 Å². The summed E-state index contributed by atoms with van der Waals surface area (Å²) < 4.78 is 4.84. The fraction of sp³-hybridized carbons (Fsp3) is 0.115. The van der Waals surface area contributed by atoms with Gasteiger partial charge in [0.05, 0.1) is 6.61 Å². The molecule has 0 unspecified atom stereocenters. The Bertz CT molecular complexity index is 1050. The minimum absolute atomic E-state index is 0.0157. The summed E-state index contributed by atoms with van der Waals surface area (Å²) in [4.78, 5) is 36.4. The first-order valence-corrected chi connectivity index (χ1v) is 9.73. The summed E-state index contributed by atoms with van der Waals surface area (Å²) in [6.07, 6.45) is 3.26. The third kappa shape index (κ3) is 5.61. The molecule has 0 saturated carbocycles. The van der Waals surface area contributed by atoms with E-state index in [2.05, 4.69) is 0 Å². The van der Waals surface area contributed by atoms with Crippen molar-refractivity contribution in [2.45, 2.75) is 13.3 Å². The molecule has 3 aromatic carbocycles. The monoisotopic (exact) mass is 398 g/mol. The normalized spacial score (nSPS) is 10.7. The van der Waals surface area contributed by atoms with Crippen LogP contribution in [-0.2, 0) is 16.0 Å². The Morgan fingerprint density at radius 3 is 2.00 bits per heavy atom. The van der Waals surface area contributed by atoms with Gasteiger partial charge in [0, 0.05) is 29.2 Å². The van der Waals surface area contributed by atoms with Gasteiger partial charge in [0.2, 0.25) is 0 Å². The lowest BCUT2D eigenvalue weighted by Gasteiger charge is -2.05. The minimum Gasteiger partial charge on any atom is -0.463 e. The topological polar surface area (TPSA) is 60.4 Å². The Morgan fingerprint density at radius 1 is 0.767 bits per heavy atom. The van der Waals surface area contributed by atoms with Gasteiger partial charge in [0.25, 0.3) is 0 Å². The van der Waals surface area contributed by atoms with Crippen LogP contribution in [0.3, 0.4) is 0 Å². The zero-order valence-corrected chi connectivity index (χ0v) is 16.7. The molecule has 150 valence electrons. The van der Waals surface area contributed by atoms with Crippen LogP contribution in [0.15, 0.2) is 84.9 Å². The maximum Gasteiger partial charge on any atom is 0.330 e. The van der Waals surface area contributed by atoms with Crippen molar-refractivity contribution < 1.29 is 19.1 Å². The second kappa shape index (κ2) is 10.1. The smallest absolute Gasteiger partial charge is 0.330 e. The predicted octanol–water partition coefficient (Wildman–Crippen LogP) is 4.92. The summed E-state index contributed by atoms with van der Waals surface area (Å²) in [6, 6.07) is 23.3. The summed E-state index contributed by atoms with van der Waals surface area (Å²) in [6.45, 7) is 2.08. The van der Waals surface area contributed by atoms with Gasteiger partial charge < -0.3 is 4.74 Å². The van der Waals surface area contributed by atoms with E-state index >= 15 is 0 Å². The molecular weight excluding hydrogens is 376 g/mol. The second-order valence-corrected chi connectivity index (χ2v) is 6.70. The zero-order chi connectivity index (χ0) is 21.3. The number of hydrogen-bond acceptors (Lipinski definition) is 4. The van der Waals surface area contributed by atoms with Crippen LogP contribution in [0.25, 0.3) is 6.08 Å². The van der Waals surface area contributed by atoms with Crippen LogP contribution < -0.4 is 0 Å². The van der Waals surface area contributed by atoms with Crippen LogP contribution in [0.5, 0.6) is 0 Å². The van der Waals surface area contributed by atoms with Gasteiger partial charge in [-0.15, -0.1) is 0 Å². The maximum absolute atomic E-state index is 12.6. The SMILES string of the molecule is CCOC(=O)C=Cc1ccc(C(=O)Cc2ccc(C(=O)c3ccccc3)cc2)cc1. The van der Waals surface area contributed by atoms with Crippen LogP contribution in [0, 0.1) is 0 Å². The molecule has 0 aliphatic rings. The number of carbonyl (C=O) groups excluding carboxylic acids is 3. The molecule has 0 aromatic heterocycles. The largest absolute Gasteiger partial charge is 0.463 e. The Morgan fingerprint density at radius 2 is 1.37 bits per heavy atom. The minimum atomic E-state index is -0.396. The number of rotatable bonds is 8. The predicted molar refractivity (Wildman–Crippen MR) is 116 cm³/mol. The summed E-state index contributed by atoms with van der Waals surface area (Å²) >= 11 is 0. The highest BCUT2D eigenvalue weighted by atomic mass is 16.5. The van der Waals surface area contributed by atoms with Crippen LogP contribution in [0.1, 0.15) is 44.3 Å². The molecular formula is C26H22O4. The van der Waals surface area contributed by atoms with Crippen molar-refractivity contribution in [2.24, 2.45) is 0 Å². The van der Waals surface area contributed by atoms with Crippen molar-refractivity contribution in [1.82, 2.24) is 0 Å². The van der Waals surface area contributed by atoms with E-state index in [0.717, 1.165) is 11.1 Å². The fourth-order valence-corrected chi connectivity index (χ4v) is 2.95. The van der Waals surface area contributed by atoms with E-state index in [0.29, 0.717) is 23.3 Å². The molecule has 0 fully saturated rings. The van der Waals surface area contributed by atoms with E-state index in [-0.39, 0.29) is 18.0 Å². The highest BCUT2D eigenvalue weighted by molar-refractivity contribution is 6.09. The number of esters is 1. The van der Waals surface area contributed by atoms with Gasteiger partial charge in [-0.05, 0) is 24.1 Å². The van der Waals surface area contributed by atoms with E-state index in [9.17, 15) is 14.4 Å². The standard InChI is InChI=1S/C26H22O4/c1-2-30-25(28)17-12-19-8-13-21(14-9-19)24(27)18-20-10-15-23(16-11-20)26(29)22-6-4-3-5-7-22/h3-17H,2,18H2,1H3. The molecule has 0 amide bonds. The average Bonchev–Trinajstić information content (AvgIpc) is 2.79. The average molecular weight is 398 g/mol. The third-order valence-electron chi connectivity index (χ3n) is 4.55. The number of Topliss-reactive ketones (excluding diaryl/α,β-unsaturated/α-hetero) is 1.